The van der Waals surface area contributed by atoms with E-state index in [9.17, 15) is 0 Å². The van der Waals surface area contributed by atoms with Gasteiger partial charge in [-0.2, -0.15) is 0 Å². The van der Waals surface area contributed by atoms with Crippen molar-refractivity contribution >= 4 is 0 Å². The van der Waals surface area contributed by atoms with Crippen LogP contribution in [0.25, 0.3) is 11.4 Å². The minimum Gasteiger partial charge on any atom is -0.251 e. The summed E-state index contributed by atoms with van der Waals surface area (Å²) in [5.74, 6) is 2.57. The Hall–Kier alpha value is -4.82. The highest BCUT2D eigenvalue weighted by Crippen LogP contribution is 2.72. The van der Waals surface area contributed by atoms with E-state index in [-0.39, 0.29) is 33.5 Å². The highest BCUT2D eigenvalue weighted by molar-refractivity contribution is 5.61. The van der Waals surface area contributed by atoms with E-state index in [1.54, 1.807) is 0 Å². The van der Waals surface area contributed by atoms with Gasteiger partial charge in [-0.15, -0.1) is 0 Å². The maximum atomic E-state index is 5.78. The molecule has 0 spiro atoms. The lowest BCUT2D eigenvalue weighted by molar-refractivity contribution is -0.0236. The van der Waals surface area contributed by atoms with Crippen molar-refractivity contribution in [1.29, 1.82) is 0 Å². The van der Waals surface area contributed by atoms with Crippen LogP contribution in [0.4, 0.5) is 0 Å². The number of pyridine rings is 2. The number of aromatic nitrogens is 2. The van der Waals surface area contributed by atoms with Crippen LogP contribution in [0.1, 0.15) is 123 Å². The van der Waals surface area contributed by atoms with Crippen LogP contribution in [-0.2, 0) is 10.8 Å². The first-order valence-electron chi connectivity index (χ1n) is 20.3. The van der Waals surface area contributed by atoms with Gasteiger partial charge in [-0.25, -0.2) is 0 Å². The summed E-state index contributed by atoms with van der Waals surface area (Å²) in [6, 6.07) is 54.3. The van der Waals surface area contributed by atoms with Gasteiger partial charge in [0.15, 0.2) is 0 Å². The van der Waals surface area contributed by atoms with Crippen LogP contribution in [0.2, 0.25) is 0 Å². The SMILES string of the molecule is CC(c1ccccc1)(c1ccccc1)[C@H]1c2nc(-c3ccc4c(n3)[C@H](C(C)(c3ccccc3)c3ccccc3)[C@@H]3C[C@H]4C3(C)C)ccc2[C@H]2C[C@@H]1C2(C)C. The second kappa shape index (κ2) is 11.8. The van der Waals surface area contributed by atoms with Crippen molar-refractivity contribution in [2.24, 2.45) is 22.7 Å². The van der Waals surface area contributed by atoms with Crippen molar-refractivity contribution in [3.63, 3.8) is 0 Å². The predicted octanol–water partition coefficient (Wildman–Crippen LogP) is 12.6. The summed E-state index contributed by atoms with van der Waals surface area (Å²) in [4.78, 5) is 11.6. The zero-order chi connectivity index (χ0) is 37.0. The van der Waals surface area contributed by atoms with Crippen molar-refractivity contribution < 1.29 is 0 Å². The molecule has 54 heavy (non-hydrogen) atoms. The zero-order valence-electron chi connectivity index (χ0n) is 32.6. The lowest BCUT2D eigenvalue weighted by Gasteiger charge is -2.63. The number of hydrogen-bond acceptors (Lipinski definition) is 2. The first kappa shape index (κ1) is 33.7. The van der Waals surface area contributed by atoms with E-state index >= 15 is 0 Å². The molecule has 270 valence electrons. The summed E-state index contributed by atoms with van der Waals surface area (Å²) in [5, 5.41) is 0. The summed E-state index contributed by atoms with van der Waals surface area (Å²) in [5.41, 5.74) is 12.8. The van der Waals surface area contributed by atoms with Gasteiger partial charge in [0.05, 0.1) is 11.4 Å². The first-order chi connectivity index (χ1) is 26.1. The standard InChI is InChI=1S/C52H52N2/c1-49(2)39-31-41(49)45(51(5,33-19-11-7-12-20-33)34-21-13-8-14-22-34)47-37(39)27-29-43(53-47)44-30-28-38-40-32-42(50(40,3)4)46(48(38)54-44)52(6,35-23-15-9-16-24-35)36-25-17-10-18-26-36/h7-30,39-42,45-46H,31-32H2,1-6H3/t39-,40-,41+,42+,45-,46-/m1/s1. The van der Waals surface area contributed by atoms with Gasteiger partial charge in [-0.3, -0.25) is 9.97 Å². The minimum atomic E-state index is -0.245. The molecular weight excluding hydrogens is 653 g/mol. The third kappa shape index (κ3) is 4.52. The van der Waals surface area contributed by atoms with Crippen molar-refractivity contribution in [3.05, 3.63) is 190 Å². The average molecular weight is 705 g/mol. The van der Waals surface area contributed by atoms with Crippen LogP contribution in [0, 0.1) is 22.7 Å². The Labute approximate surface area is 322 Å². The number of benzene rings is 4. The van der Waals surface area contributed by atoms with Crippen molar-refractivity contribution in [3.8, 4) is 11.4 Å². The van der Waals surface area contributed by atoms with Gasteiger partial charge in [-0.1, -0.05) is 175 Å². The van der Waals surface area contributed by atoms with E-state index in [0.717, 1.165) is 11.4 Å². The third-order valence-electron chi connectivity index (χ3n) is 15.7. The van der Waals surface area contributed by atoms with Crippen molar-refractivity contribution in [2.45, 2.75) is 88.9 Å². The highest BCUT2D eigenvalue weighted by atomic mass is 14.9. The van der Waals surface area contributed by atoms with Gasteiger partial charge >= 0.3 is 0 Å². The monoisotopic (exact) mass is 704 g/mol. The summed E-state index contributed by atoms with van der Waals surface area (Å²) in [7, 11) is 0. The average Bonchev–Trinajstić information content (AvgIpc) is 3.22. The van der Waals surface area contributed by atoms with Gasteiger partial charge in [0.25, 0.3) is 0 Å². The number of nitrogens with zero attached hydrogens (tertiary/aromatic N) is 2. The third-order valence-corrected chi connectivity index (χ3v) is 15.7. The minimum absolute atomic E-state index is 0.205. The molecule has 4 aromatic carbocycles. The Kier molecular flexibility index (Phi) is 7.39. The molecule has 2 aromatic heterocycles. The fourth-order valence-corrected chi connectivity index (χ4v) is 12.4. The number of rotatable bonds is 7. The molecule has 0 N–H and O–H groups in total. The van der Waals surface area contributed by atoms with Crippen LogP contribution in [0.3, 0.4) is 0 Å². The molecule has 6 aliphatic rings. The van der Waals surface area contributed by atoms with Crippen LogP contribution in [0.5, 0.6) is 0 Å². The fourth-order valence-electron chi connectivity index (χ4n) is 12.4. The van der Waals surface area contributed by atoms with Gasteiger partial charge in [0.1, 0.15) is 0 Å². The Morgan fingerprint density at radius 1 is 0.426 bits per heavy atom. The molecule has 2 heteroatoms. The van der Waals surface area contributed by atoms with Crippen LogP contribution >= 0.6 is 0 Å². The molecule has 2 heterocycles. The van der Waals surface area contributed by atoms with Gasteiger partial charge in [0.2, 0.25) is 0 Å². The largest absolute Gasteiger partial charge is 0.251 e. The lowest BCUT2D eigenvalue weighted by Crippen LogP contribution is -2.55. The summed E-state index contributed by atoms with van der Waals surface area (Å²) in [6.07, 6.45) is 2.44. The molecule has 4 bridgehead atoms. The smallest absolute Gasteiger partial charge is 0.0889 e. The Balaban J connectivity index is 1.15. The van der Waals surface area contributed by atoms with Crippen molar-refractivity contribution in [2.75, 3.05) is 0 Å². The van der Waals surface area contributed by atoms with E-state index in [1.165, 1.54) is 57.6 Å². The summed E-state index contributed by atoms with van der Waals surface area (Å²) in [6.45, 7) is 15.0. The normalized spacial score (nSPS) is 25.7. The van der Waals surface area contributed by atoms with E-state index in [4.69, 9.17) is 9.97 Å². The van der Waals surface area contributed by atoms with Gasteiger partial charge in [-0.05, 0) is 92.9 Å². The molecule has 12 rings (SSSR count). The summed E-state index contributed by atoms with van der Waals surface area (Å²) < 4.78 is 0. The van der Waals surface area contributed by atoms with E-state index in [0.29, 0.717) is 23.7 Å². The molecule has 2 fully saturated rings. The molecule has 6 aromatic rings. The van der Waals surface area contributed by atoms with Crippen LogP contribution < -0.4 is 0 Å². The number of hydrogen-bond donors (Lipinski definition) is 0. The molecular formula is C52H52N2. The van der Waals surface area contributed by atoms with Crippen LogP contribution in [0.15, 0.2) is 146 Å². The Bertz CT molecular complexity index is 2100. The predicted molar refractivity (Wildman–Crippen MR) is 221 cm³/mol. The molecule has 0 amide bonds. The molecule has 2 saturated carbocycles. The molecule has 0 saturated heterocycles. The Morgan fingerprint density at radius 2 is 0.722 bits per heavy atom. The molecule has 2 nitrogen and oxygen atoms in total. The first-order valence-corrected chi connectivity index (χ1v) is 20.3. The highest BCUT2D eigenvalue weighted by Gasteiger charge is 2.63. The topological polar surface area (TPSA) is 25.8 Å². The van der Waals surface area contributed by atoms with Gasteiger partial charge < -0.3 is 0 Å². The molecule has 0 unspecified atom stereocenters. The van der Waals surface area contributed by atoms with Crippen molar-refractivity contribution in [1.82, 2.24) is 9.97 Å². The molecule has 6 aliphatic carbocycles. The molecule has 0 aliphatic heterocycles. The maximum absolute atomic E-state index is 5.78. The van der Waals surface area contributed by atoms with Crippen LogP contribution in [-0.4, -0.2) is 9.97 Å². The fraction of sp³-hybridized carbons (Fsp3) is 0.346. The lowest BCUT2D eigenvalue weighted by atomic mass is 9.40. The zero-order valence-corrected chi connectivity index (χ0v) is 32.6. The maximum Gasteiger partial charge on any atom is 0.0889 e. The van der Waals surface area contributed by atoms with E-state index in [2.05, 4.69) is 187 Å². The summed E-state index contributed by atoms with van der Waals surface area (Å²) >= 11 is 0. The quantitative estimate of drug-likeness (QED) is 0.165. The van der Waals surface area contributed by atoms with E-state index in [1.807, 2.05) is 0 Å². The Morgan fingerprint density at radius 3 is 1.00 bits per heavy atom. The van der Waals surface area contributed by atoms with Gasteiger partial charge in [0, 0.05) is 34.1 Å². The second-order valence-electron chi connectivity index (χ2n) is 18.6. The molecule has 0 radical (unpaired) electrons. The second-order valence-corrected chi connectivity index (χ2v) is 18.6. The molecule has 6 atom stereocenters. The van der Waals surface area contributed by atoms with E-state index < -0.39 is 0 Å².